The van der Waals surface area contributed by atoms with E-state index in [2.05, 4.69) is 14.6 Å². The van der Waals surface area contributed by atoms with Gasteiger partial charge in [-0.15, -0.1) is 0 Å². The molecule has 0 saturated heterocycles. The van der Waals surface area contributed by atoms with E-state index in [0.29, 0.717) is 5.76 Å². The fourth-order valence-electron chi connectivity index (χ4n) is 0.380. The van der Waals surface area contributed by atoms with Crippen molar-refractivity contribution in [3.05, 3.63) is 11.8 Å². The van der Waals surface area contributed by atoms with Crippen molar-refractivity contribution in [2.45, 2.75) is 6.92 Å². The van der Waals surface area contributed by atoms with E-state index in [1.807, 2.05) is 0 Å². The van der Waals surface area contributed by atoms with E-state index < -0.39 is 0 Å². The topological polar surface area (TPSA) is 35.3 Å². The van der Waals surface area contributed by atoms with Crippen LogP contribution in [0.4, 0.5) is 4.53 Å². The standard InChI is InChI=1S/C4H4FNO2/c1-3-2-4(7-5)6-8-3/h2H,1H3. The molecule has 0 atom stereocenters. The highest BCUT2D eigenvalue weighted by atomic mass is 19.3. The van der Waals surface area contributed by atoms with Crippen molar-refractivity contribution in [2.24, 2.45) is 0 Å². The van der Waals surface area contributed by atoms with Crippen molar-refractivity contribution in [1.82, 2.24) is 5.16 Å². The van der Waals surface area contributed by atoms with E-state index in [1.54, 1.807) is 6.92 Å². The normalized spacial score (nSPS) is 9.25. The average Bonchev–Trinajstić information content (AvgIpc) is 2.14. The van der Waals surface area contributed by atoms with Crippen LogP contribution in [0, 0.1) is 6.92 Å². The van der Waals surface area contributed by atoms with E-state index in [9.17, 15) is 4.53 Å². The van der Waals surface area contributed by atoms with Gasteiger partial charge >= 0.3 is 5.88 Å². The smallest absolute Gasteiger partial charge is 0.301 e. The van der Waals surface area contributed by atoms with Crippen LogP contribution in [0.5, 0.6) is 5.88 Å². The first-order chi connectivity index (χ1) is 3.83. The van der Waals surface area contributed by atoms with Crippen LogP contribution in [0.3, 0.4) is 0 Å². The van der Waals surface area contributed by atoms with Gasteiger partial charge in [-0.2, -0.15) is 0 Å². The Hall–Kier alpha value is -1.06. The van der Waals surface area contributed by atoms with Crippen LogP contribution in [-0.4, -0.2) is 5.16 Å². The molecule has 0 N–H and O–H groups in total. The molecule has 0 saturated carbocycles. The molecule has 0 spiro atoms. The molecule has 0 amide bonds. The number of rotatable bonds is 1. The Morgan fingerprint density at radius 1 is 1.88 bits per heavy atom. The zero-order chi connectivity index (χ0) is 5.98. The second-order valence-corrected chi connectivity index (χ2v) is 1.35. The summed E-state index contributed by atoms with van der Waals surface area (Å²) < 4.78 is 15.6. The molecule has 8 heavy (non-hydrogen) atoms. The maximum atomic E-state index is 11.1. The molecule has 0 aliphatic carbocycles. The van der Waals surface area contributed by atoms with Crippen LogP contribution in [0.2, 0.25) is 0 Å². The molecule has 0 unspecified atom stereocenters. The molecule has 0 radical (unpaired) electrons. The quantitative estimate of drug-likeness (QED) is 0.555. The first-order valence-electron chi connectivity index (χ1n) is 2.05. The lowest BCUT2D eigenvalue weighted by atomic mass is 10.5. The van der Waals surface area contributed by atoms with Crippen molar-refractivity contribution in [1.29, 1.82) is 0 Å². The van der Waals surface area contributed by atoms with Gasteiger partial charge in [-0.25, -0.2) is 0 Å². The second-order valence-electron chi connectivity index (χ2n) is 1.35. The van der Waals surface area contributed by atoms with Gasteiger partial charge in [-0.1, -0.05) is 0 Å². The van der Waals surface area contributed by atoms with E-state index in [-0.39, 0.29) is 5.88 Å². The highest BCUT2D eigenvalue weighted by Gasteiger charge is 1.98. The molecule has 4 heteroatoms. The van der Waals surface area contributed by atoms with Crippen LogP contribution in [-0.2, 0) is 0 Å². The summed E-state index contributed by atoms with van der Waals surface area (Å²) in [6.07, 6.45) is 0. The lowest BCUT2D eigenvalue weighted by Gasteiger charge is -1.74. The van der Waals surface area contributed by atoms with Crippen molar-refractivity contribution in [2.75, 3.05) is 0 Å². The summed E-state index contributed by atoms with van der Waals surface area (Å²) in [5, 5.41) is 3.16. The molecule has 1 aromatic heterocycles. The number of hydrogen-bond donors (Lipinski definition) is 0. The number of aryl methyl sites for hydroxylation is 1. The Labute approximate surface area is 44.9 Å². The molecule has 0 fully saturated rings. The van der Waals surface area contributed by atoms with E-state index in [0.717, 1.165) is 0 Å². The number of hydrogen-bond acceptors (Lipinski definition) is 3. The molecule has 3 nitrogen and oxygen atoms in total. The highest BCUT2D eigenvalue weighted by molar-refractivity contribution is 5.07. The Balaban J connectivity index is 2.84. The molecule has 0 bridgehead atoms. The molecule has 1 rings (SSSR count). The zero-order valence-electron chi connectivity index (χ0n) is 4.22. The molecule has 1 heterocycles. The van der Waals surface area contributed by atoms with Crippen LogP contribution in [0.25, 0.3) is 0 Å². The van der Waals surface area contributed by atoms with Crippen LogP contribution in [0.15, 0.2) is 10.6 Å². The highest BCUT2D eigenvalue weighted by Crippen LogP contribution is 2.08. The summed E-state index contributed by atoms with van der Waals surface area (Å²) >= 11 is 0. The third kappa shape index (κ3) is 0.776. The van der Waals surface area contributed by atoms with Gasteiger partial charge < -0.3 is 4.52 Å². The summed E-state index contributed by atoms with van der Waals surface area (Å²) in [5.74, 6) is 0.389. The van der Waals surface area contributed by atoms with Crippen LogP contribution in [0.1, 0.15) is 5.76 Å². The lowest BCUT2D eigenvalue weighted by molar-refractivity contribution is -0.0153. The van der Waals surface area contributed by atoms with Gasteiger partial charge in [0.1, 0.15) is 5.76 Å². The lowest BCUT2D eigenvalue weighted by Crippen LogP contribution is -1.70. The van der Waals surface area contributed by atoms with Crippen LogP contribution < -0.4 is 4.94 Å². The fraction of sp³-hybridized carbons (Fsp3) is 0.250. The van der Waals surface area contributed by atoms with Gasteiger partial charge in [-0.05, 0) is 12.1 Å². The Morgan fingerprint density at radius 3 is 2.88 bits per heavy atom. The third-order valence-electron chi connectivity index (χ3n) is 0.685. The van der Waals surface area contributed by atoms with Gasteiger partial charge in [-0.3, -0.25) is 4.94 Å². The number of halogens is 1. The molecular weight excluding hydrogens is 113 g/mol. The van der Waals surface area contributed by atoms with Crippen molar-refractivity contribution >= 4 is 0 Å². The van der Waals surface area contributed by atoms with E-state index in [4.69, 9.17) is 0 Å². The van der Waals surface area contributed by atoms with Gasteiger partial charge in [0.05, 0.1) is 0 Å². The minimum Gasteiger partial charge on any atom is -0.358 e. The summed E-state index contributed by atoms with van der Waals surface area (Å²) in [5.41, 5.74) is 0. The Morgan fingerprint density at radius 2 is 2.62 bits per heavy atom. The maximum absolute atomic E-state index is 11.1. The summed E-state index contributed by atoms with van der Waals surface area (Å²) in [6.45, 7) is 1.65. The zero-order valence-corrected chi connectivity index (χ0v) is 4.22. The van der Waals surface area contributed by atoms with Crippen molar-refractivity contribution in [3.8, 4) is 5.88 Å². The molecule has 0 aliphatic rings. The molecule has 44 valence electrons. The number of nitrogens with zero attached hydrogens (tertiary/aromatic N) is 1. The van der Waals surface area contributed by atoms with E-state index in [1.165, 1.54) is 6.07 Å². The molecule has 0 aromatic carbocycles. The fourth-order valence-corrected chi connectivity index (χ4v) is 0.380. The first-order valence-corrected chi connectivity index (χ1v) is 2.05. The summed E-state index contributed by atoms with van der Waals surface area (Å²) in [4.78, 5) is 3.23. The Bertz CT molecular complexity index is 174. The second kappa shape index (κ2) is 1.81. The van der Waals surface area contributed by atoms with Crippen molar-refractivity contribution in [3.63, 3.8) is 0 Å². The third-order valence-corrected chi connectivity index (χ3v) is 0.685. The summed E-state index contributed by atoms with van der Waals surface area (Å²) in [6, 6.07) is 1.35. The molecule has 0 aliphatic heterocycles. The van der Waals surface area contributed by atoms with Gasteiger partial charge in [0, 0.05) is 10.6 Å². The SMILES string of the molecule is Cc1cc(OF)no1. The minimum absolute atomic E-state index is 0.137. The predicted octanol–water partition coefficient (Wildman–Crippen LogP) is 1.25. The molecule has 1 aromatic rings. The minimum atomic E-state index is -0.137. The van der Waals surface area contributed by atoms with E-state index >= 15 is 0 Å². The van der Waals surface area contributed by atoms with Gasteiger partial charge in [0.2, 0.25) is 0 Å². The summed E-state index contributed by atoms with van der Waals surface area (Å²) in [7, 11) is 0. The number of aromatic nitrogens is 1. The van der Waals surface area contributed by atoms with Crippen LogP contribution >= 0.6 is 0 Å². The predicted molar refractivity (Wildman–Crippen MR) is 23.0 cm³/mol. The van der Waals surface area contributed by atoms with Crippen molar-refractivity contribution < 1.29 is 14.0 Å². The maximum Gasteiger partial charge on any atom is 0.301 e. The monoisotopic (exact) mass is 117 g/mol. The largest absolute Gasteiger partial charge is 0.358 e. The molecular formula is C4H4FNO2. The average molecular weight is 117 g/mol. The van der Waals surface area contributed by atoms with Gasteiger partial charge in [0.15, 0.2) is 0 Å². The first kappa shape index (κ1) is 5.08. The Kier molecular flexibility index (Phi) is 1.15. The van der Waals surface area contributed by atoms with Gasteiger partial charge in [0.25, 0.3) is 0 Å².